The Morgan fingerprint density at radius 2 is 1.68 bits per heavy atom. The zero-order chi connectivity index (χ0) is 20.9. The average Bonchev–Trinajstić information content (AvgIpc) is 3.56. The number of carbonyl (C=O) groups is 1. The third kappa shape index (κ3) is 3.12. The van der Waals surface area contributed by atoms with E-state index in [1.807, 2.05) is 54.3 Å². The summed E-state index contributed by atoms with van der Waals surface area (Å²) in [7, 11) is 0. The number of benzene rings is 2. The number of nitrogens with zero attached hydrogens (tertiary/aromatic N) is 6. The number of aromatic nitrogens is 4. The molecule has 0 spiro atoms. The highest BCUT2D eigenvalue weighted by Gasteiger charge is 2.32. The Labute approximate surface area is 180 Å². The lowest BCUT2D eigenvalue weighted by Crippen LogP contribution is -2.49. The molecular formula is C24H24N6O. The Balaban J connectivity index is 1.32. The van der Waals surface area contributed by atoms with Crippen molar-refractivity contribution in [1.29, 1.82) is 0 Å². The van der Waals surface area contributed by atoms with Crippen LogP contribution < -0.4 is 4.90 Å². The molecule has 7 heteroatoms. The predicted octanol–water partition coefficient (Wildman–Crippen LogP) is 3.43. The molecule has 1 saturated carbocycles. The second-order valence-corrected chi connectivity index (χ2v) is 8.57. The zero-order valence-corrected chi connectivity index (χ0v) is 17.5. The summed E-state index contributed by atoms with van der Waals surface area (Å²) >= 11 is 0. The molecule has 1 amide bonds. The Kier molecular flexibility index (Phi) is 4.16. The smallest absolute Gasteiger partial charge is 0.253 e. The van der Waals surface area contributed by atoms with Crippen LogP contribution in [0, 0.1) is 6.92 Å². The first kappa shape index (κ1) is 18.3. The maximum absolute atomic E-state index is 12.9. The summed E-state index contributed by atoms with van der Waals surface area (Å²) in [5.74, 6) is 2.48. The molecule has 2 aliphatic rings. The van der Waals surface area contributed by atoms with Gasteiger partial charge in [0.05, 0.1) is 5.52 Å². The summed E-state index contributed by atoms with van der Waals surface area (Å²) in [4.78, 5) is 22.1. The van der Waals surface area contributed by atoms with Crippen LogP contribution in [0.5, 0.6) is 0 Å². The fourth-order valence-corrected chi connectivity index (χ4v) is 4.39. The van der Waals surface area contributed by atoms with Gasteiger partial charge in [0.25, 0.3) is 5.91 Å². The molecule has 2 aromatic heterocycles. The lowest BCUT2D eigenvalue weighted by molar-refractivity contribution is 0.0746. The third-order valence-corrected chi connectivity index (χ3v) is 6.34. The summed E-state index contributed by atoms with van der Waals surface area (Å²) in [6.07, 6.45) is 2.32. The van der Waals surface area contributed by atoms with Crippen LogP contribution in [-0.4, -0.2) is 56.6 Å². The van der Waals surface area contributed by atoms with Crippen LogP contribution in [0.3, 0.4) is 0 Å². The van der Waals surface area contributed by atoms with Crippen molar-refractivity contribution in [2.45, 2.75) is 25.7 Å². The number of hydrogen-bond donors (Lipinski definition) is 0. The normalized spacial score (nSPS) is 16.9. The second kappa shape index (κ2) is 7.04. The molecule has 7 nitrogen and oxygen atoms in total. The largest absolute Gasteiger partial charge is 0.338 e. The molecule has 2 aromatic carbocycles. The van der Waals surface area contributed by atoms with E-state index in [4.69, 9.17) is 4.98 Å². The number of piperazine rings is 1. The van der Waals surface area contributed by atoms with Gasteiger partial charge in [0.2, 0.25) is 5.95 Å². The van der Waals surface area contributed by atoms with E-state index in [2.05, 4.69) is 25.6 Å². The van der Waals surface area contributed by atoms with E-state index in [0.29, 0.717) is 19.0 Å². The lowest BCUT2D eigenvalue weighted by Gasteiger charge is -2.35. The first-order chi connectivity index (χ1) is 15.2. The van der Waals surface area contributed by atoms with E-state index in [9.17, 15) is 4.79 Å². The van der Waals surface area contributed by atoms with Gasteiger partial charge in [-0.1, -0.05) is 29.8 Å². The van der Waals surface area contributed by atoms with Gasteiger partial charge in [-0.2, -0.15) is 0 Å². The number of fused-ring (bicyclic) bond motifs is 3. The lowest BCUT2D eigenvalue weighted by atomic mass is 10.1. The maximum Gasteiger partial charge on any atom is 0.253 e. The van der Waals surface area contributed by atoms with Gasteiger partial charge in [-0.15, -0.1) is 10.2 Å². The van der Waals surface area contributed by atoms with E-state index in [1.54, 1.807) is 0 Å². The van der Waals surface area contributed by atoms with Crippen molar-refractivity contribution in [2.75, 3.05) is 31.1 Å². The Hall–Kier alpha value is -3.48. The minimum absolute atomic E-state index is 0.0965. The Morgan fingerprint density at radius 3 is 2.42 bits per heavy atom. The molecule has 6 rings (SSSR count). The quantitative estimate of drug-likeness (QED) is 0.516. The second-order valence-electron chi connectivity index (χ2n) is 8.57. The highest BCUT2D eigenvalue weighted by atomic mass is 16.2. The molecular weight excluding hydrogens is 388 g/mol. The Morgan fingerprint density at radius 1 is 0.935 bits per heavy atom. The molecule has 31 heavy (non-hydrogen) atoms. The number of anilines is 1. The van der Waals surface area contributed by atoms with Gasteiger partial charge in [0.15, 0.2) is 5.65 Å². The molecule has 1 aliphatic carbocycles. The summed E-state index contributed by atoms with van der Waals surface area (Å²) in [5, 5.41) is 10.1. The summed E-state index contributed by atoms with van der Waals surface area (Å²) < 4.78 is 2.15. The number of aryl methyl sites for hydroxylation is 1. The first-order valence-electron chi connectivity index (χ1n) is 10.9. The van der Waals surface area contributed by atoms with Crippen LogP contribution in [0.15, 0.2) is 48.5 Å². The molecule has 0 unspecified atom stereocenters. The number of amides is 1. The van der Waals surface area contributed by atoms with Crippen molar-refractivity contribution in [3.05, 3.63) is 65.5 Å². The molecule has 1 aliphatic heterocycles. The molecule has 4 aromatic rings. The van der Waals surface area contributed by atoms with Gasteiger partial charge in [0, 0.05) is 43.0 Å². The van der Waals surface area contributed by atoms with Crippen LogP contribution in [0.25, 0.3) is 16.6 Å². The first-order valence-corrected chi connectivity index (χ1v) is 10.9. The van der Waals surface area contributed by atoms with Gasteiger partial charge in [0.1, 0.15) is 5.82 Å². The van der Waals surface area contributed by atoms with Crippen LogP contribution in [0.1, 0.15) is 40.5 Å². The van der Waals surface area contributed by atoms with Crippen LogP contribution in [-0.2, 0) is 0 Å². The van der Waals surface area contributed by atoms with Crippen molar-refractivity contribution in [3.63, 3.8) is 0 Å². The van der Waals surface area contributed by atoms with Crippen LogP contribution in [0.4, 0.5) is 5.95 Å². The topological polar surface area (TPSA) is 66.6 Å². The third-order valence-electron chi connectivity index (χ3n) is 6.34. The molecule has 0 radical (unpaired) electrons. The summed E-state index contributed by atoms with van der Waals surface area (Å²) in [6, 6.07) is 15.9. The van der Waals surface area contributed by atoms with Crippen molar-refractivity contribution >= 4 is 28.4 Å². The predicted molar refractivity (Wildman–Crippen MR) is 120 cm³/mol. The van der Waals surface area contributed by atoms with E-state index in [1.165, 1.54) is 0 Å². The van der Waals surface area contributed by atoms with E-state index < -0.39 is 0 Å². The van der Waals surface area contributed by atoms with Crippen LogP contribution >= 0.6 is 0 Å². The van der Waals surface area contributed by atoms with E-state index in [0.717, 1.165) is 65.4 Å². The standard InChI is InChI=1S/C24H24N6O/c1-16-6-8-18(9-7-16)23(31)28-12-14-29(15-13-28)24-25-20-5-3-2-4-19(20)22-27-26-21(30(22)24)17-10-11-17/h2-9,17H,10-15H2,1H3. The molecule has 0 bridgehead atoms. The number of hydrogen-bond acceptors (Lipinski definition) is 5. The van der Waals surface area contributed by atoms with Crippen molar-refractivity contribution < 1.29 is 4.79 Å². The SMILES string of the molecule is Cc1ccc(C(=O)N2CCN(c3nc4ccccc4c4nnc(C5CC5)n34)CC2)cc1. The van der Waals surface area contributed by atoms with Crippen molar-refractivity contribution in [1.82, 2.24) is 24.5 Å². The van der Waals surface area contributed by atoms with Crippen molar-refractivity contribution in [3.8, 4) is 0 Å². The molecule has 3 heterocycles. The summed E-state index contributed by atoms with van der Waals surface area (Å²) in [5.41, 5.74) is 3.71. The summed E-state index contributed by atoms with van der Waals surface area (Å²) in [6.45, 7) is 4.85. The number of rotatable bonds is 3. The molecule has 0 atom stereocenters. The van der Waals surface area contributed by atoms with Gasteiger partial charge in [-0.3, -0.25) is 4.79 Å². The zero-order valence-electron chi connectivity index (χ0n) is 17.5. The van der Waals surface area contributed by atoms with Gasteiger partial charge in [-0.25, -0.2) is 9.38 Å². The number of carbonyl (C=O) groups excluding carboxylic acids is 1. The van der Waals surface area contributed by atoms with Gasteiger partial charge < -0.3 is 9.80 Å². The minimum Gasteiger partial charge on any atom is -0.338 e. The molecule has 0 N–H and O–H groups in total. The number of para-hydroxylation sites is 1. The highest BCUT2D eigenvalue weighted by molar-refractivity contribution is 5.94. The Bertz CT molecular complexity index is 1280. The van der Waals surface area contributed by atoms with Crippen LogP contribution in [0.2, 0.25) is 0 Å². The highest BCUT2D eigenvalue weighted by Crippen LogP contribution is 2.40. The van der Waals surface area contributed by atoms with E-state index in [-0.39, 0.29) is 5.91 Å². The molecule has 156 valence electrons. The minimum atomic E-state index is 0.0965. The molecule has 2 fully saturated rings. The van der Waals surface area contributed by atoms with Crippen molar-refractivity contribution in [2.24, 2.45) is 0 Å². The van der Waals surface area contributed by atoms with Gasteiger partial charge in [-0.05, 0) is 44.0 Å². The fraction of sp³-hybridized carbons (Fsp3) is 0.333. The average molecular weight is 412 g/mol. The van der Waals surface area contributed by atoms with Gasteiger partial charge >= 0.3 is 0 Å². The molecule has 1 saturated heterocycles. The maximum atomic E-state index is 12.9. The monoisotopic (exact) mass is 412 g/mol. The van der Waals surface area contributed by atoms with E-state index >= 15 is 0 Å². The fourth-order valence-electron chi connectivity index (χ4n) is 4.39.